The fourth-order valence-corrected chi connectivity index (χ4v) is 2.86. The zero-order valence-electron chi connectivity index (χ0n) is 13.8. The summed E-state index contributed by atoms with van der Waals surface area (Å²) in [5.74, 6) is -0.0379. The van der Waals surface area contributed by atoms with Gasteiger partial charge in [-0.3, -0.25) is 4.79 Å². The Morgan fingerprint density at radius 1 is 0.920 bits per heavy atom. The minimum absolute atomic E-state index is 0.0379. The first-order chi connectivity index (χ1) is 12.2. The third-order valence-electron chi connectivity index (χ3n) is 3.99. The normalized spacial score (nSPS) is 10.4. The van der Waals surface area contributed by atoms with Crippen LogP contribution in [0.5, 0.6) is 0 Å². The molecule has 4 heteroatoms. The van der Waals surface area contributed by atoms with E-state index in [0.717, 1.165) is 12.0 Å². The molecule has 0 aliphatic carbocycles. The number of carbonyl (C=O) groups is 1. The highest BCUT2D eigenvalue weighted by molar-refractivity contribution is 6.29. The first-order valence-corrected chi connectivity index (χ1v) is 8.59. The van der Waals surface area contributed by atoms with E-state index in [2.05, 4.69) is 17.1 Å². The molecule has 1 heterocycles. The van der Waals surface area contributed by atoms with Gasteiger partial charge in [-0.2, -0.15) is 0 Å². The summed E-state index contributed by atoms with van der Waals surface area (Å²) < 4.78 is 0. The van der Waals surface area contributed by atoms with Crippen LogP contribution in [-0.4, -0.2) is 22.3 Å². The molecular formula is C21H19ClN2O. The first kappa shape index (κ1) is 17.2. The Balaban J connectivity index is 1.79. The number of hydrogen-bond donors (Lipinski definition) is 0. The summed E-state index contributed by atoms with van der Waals surface area (Å²) in [4.78, 5) is 18.8. The number of aromatic nitrogens is 1. The standard InChI is InChI=1S/C21H19ClN2O/c22-20-15-19(11-13-23-20)21(25)24(16-18-9-5-2-6-10-18)14-12-17-7-3-1-4-8-17/h1-11,13,15H,12,14,16H2. The number of rotatable bonds is 6. The van der Waals surface area contributed by atoms with Gasteiger partial charge in [-0.05, 0) is 29.7 Å². The van der Waals surface area contributed by atoms with E-state index in [9.17, 15) is 4.79 Å². The van der Waals surface area contributed by atoms with Crippen molar-refractivity contribution in [1.82, 2.24) is 9.88 Å². The van der Waals surface area contributed by atoms with E-state index in [1.54, 1.807) is 18.3 Å². The average molecular weight is 351 g/mol. The van der Waals surface area contributed by atoms with Crippen LogP contribution in [0, 0.1) is 0 Å². The molecule has 0 saturated carbocycles. The Kier molecular flexibility index (Phi) is 5.81. The smallest absolute Gasteiger partial charge is 0.254 e. The molecule has 0 unspecified atom stereocenters. The molecule has 0 saturated heterocycles. The Morgan fingerprint density at radius 2 is 1.56 bits per heavy atom. The summed E-state index contributed by atoms with van der Waals surface area (Å²) in [6.45, 7) is 1.20. The number of nitrogens with zero attached hydrogens (tertiary/aromatic N) is 2. The van der Waals surface area contributed by atoms with Crippen molar-refractivity contribution in [2.75, 3.05) is 6.54 Å². The van der Waals surface area contributed by atoms with Gasteiger partial charge in [0.05, 0.1) is 0 Å². The van der Waals surface area contributed by atoms with Crippen molar-refractivity contribution in [2.45, 2.75) is 13.0 Å². The van der Waals surface area contributed by atoms with Crippen LogP contribution in [0.3, 0.4) is 0 Å². The van der Waals surface area contributed by atoms with E-state index in [0.29, 0.717) is 23.8 Å². The molecule has 3 rings (SSSR count). The number of hydrogen-bond acceptors (Lipinski definition) is 2. The lowest BCUT2D eigenvalue weighted by Crippen LogP contribution is -2.32. The lowest BCUT2D eigenvalue weighted by Gasteiger charge is -2.23. The summed E-state index contributed by atoms with van der Waals surface area (Å²) in [5, 5.41) is 0.327. The van der Waals surface area contributed by atoms with Crippen LogP contribution in [-0.2, 0) is 13.0 Å². The van der Waals surface area contributed by atoms with Gasteiger partial charge in [0.2, 0.25) is 0 Å². The molecule has 0 bridgehead atoms. The number of carbonyl (C=O) groups excluding carboxylic acids is 1. The lowest BCUT2D eigenvalue weighted by atomic mass is 10.1. The number of amides is 1. The van der Waals surface area contributed by atoms with Crippen molar-refractivity contribution in [3.63, 3.8) is 0 Å². The zero-order valence-corrected chi connectivity index (χ0v) is 14.6. The molecule has 3 aromatic rings. The first-order valence-electron chi connectivity index (χ1n) is 8.21. The third kappa shape index (κ3) is 4.91. The molecule has 2 aromatic carbocycles. The van der Waals surface area contributed by atoms with Gasteiger partial charge in [0.15, 0.2) is 0 Å². The van der Waals surface area contributed by atoms with Gasteiger partial charge in [0.1, 0.15) is 5.15 Å². The van der Waals surface area contributed by atoms with Crippen LogP contribution in [0.1, 0.15) is 21.5 Å². The van der Waals surface area contributed by atoms with Crippen molar-refractivity contribution in [3.05, 3.63) is 101 Å². The number of pyridine rings is 1. The average Bonchev–Trinajstić information content (AvgIpc) is 2.66. The molecule has 0 N–H and O–H groups in total. The Labute approximate surface area is 152 Å². The highest BCUT2D eigenvalue weighted by Crippen LogP contribution is 2.14. The van der Waals surface area contributed by atoms with Crippen molar-refractivity contribution in [3.8, 4) is 0 Å². The van der Waals surface area contributed by atoms with Gasteiger partial charge in [-0.1, -0.05) is 72.3 Å². The van der Waals surface area contributed by atoms with Gasteiger partial charge in [0, 0.05) is 24.8 Å². The van der Waals surface area contributed by atoms with Crippen molar-refractivity contribution < 1.29 is 4.79 Å². The maximum absolute atomic E-state index is 13.0. The van der Waals surface area contributed by atoms with E-state index in [4.69, 9.17) is 11.6 Å². The van der Waals surface area contributed by atoms with E-state index < -0.39 is 0 Å². The summed E-state index contributed by atoms with van der Waals surface area (Å²) in [5.41, 5.74) is 2.87. The fourth-order valence-electron chi connectivity index (χ4n) is 2.68. The second kappa shape index (κ2) is 8.45. The van der Waals surface area contributed by atoms with Crippen LogP contribution in [0.15, 0.2) is 79.0 Å². The van der Waals surface area contributed by atoms with Gasteiger partial charge >= 0.3 is 0 Å². The van der Waals surface area contributed by atoms with Crippen LogP contribution in [0.25, 0.3) is 0 Å². The molecule has 3 nitrogen and oxygen atoms in total. The monoisotopic (exact) mass is 350 g/mol. The molecule has 25 heavy (non-hydrogen) atoms. The maximum Gasteiger partial charge on any atom is 0.254 e. The quantitative estimate of drug-likeness (QED) is 0.608. The molecule has 126 valence electrons. The highest BCUT2D eigenvalue weighted by Gasteiger charge is 2.16. The van der Waals surface area contributed by atoms with E-state index in [-0.39, 0.29) is 5.91 Å². The van der Waals surface area contributed by atoms with Crippen LogP contribution >= 0.6 is 11.6 Å². The van der Waals surface area contributed by atoms with Crippen LogP contribution in [0.4, 0.5) is 0 Å². The minimum atomic E-state index is -0.0379. The van der Waals surface area contributed by atoms with Gasteiger partial charge in [-0.15, -0.1) is 0 Å². The Hall–Kier alpha value is -2.65. The highest BCUT2D eigenvalue weighted by atomic mass is 35.5. The largest absolute Gasteiger partial charge is 0.334 e. The van der Waals surface area contributed by atoms with Crippen LogP contribution in [0.2, 0.25) is 5.15 Å². The summed E-state index contributed by atoms with van der Waals surface area (Å²) in [6, 6.07) is 23.5. The predicted molar refractivity (Wildman–Crippen MR) is 101 cm³/mol. The molecular weight excluding hydrogens is 332 g/mol. The van der Waals surface area contributed by atoms with Crippen LogP contribution < -0.4 is 0 Å². The van der Waals surface area contributed by atoms with E-state index >= 15 is 0 Å². The topological polar surface area (TPSA) is 33.2 Å². The van der Waals surface area contributed by atoms with Crippen molar-refractivity contribution in [1.29, 1.82) is 0 Å². The summed E-state index contributed by atoms with van der Waals surface area (Å²) in [6.07, 6.45) is 2.37. The SMILES string of the molecule is O=C(c1ccnc(Cl)c1)N(CCc1ccccc1)Cc1ccccc1. The molecule has 0 fully saturated rings. The van der Waals surface area contributed by atoms with Crippen molar-refractivity contribution >= 4 is 17.5 Å². The summed E-state index contributed by atoms with van der Waals surface area (Å²) in [7, 11) is 0. The second-order valence-corrected chi connectivity index (χ2v) is 6.20. The fraction of sp³-hybridized carbons (Fsp3) is 0.143. The molecule has 0 radical (unpaired) electrons. The molecule has 0 aliphatic rings. The van der Waals surface area contributed by atoms with E-state index in [1.165, 1.54) is 5.56 Å². The lowest BCUT2D eigenvalue weighted by molar-refractivity contribution is 0.0745. The third-order valence-corrected chi connectivity index (χ3v) is 4.20. The second-order valence-electron chi connectivity index (χ2n) is 5.82. The summed E-state index contributed by atoms with van der Waals surface area (Å²) >= 11 is 5.94. The molecule has 0 aliphatic heterocycles. The zero-order chi connectivity index (χ0) is 17.5. The minimum Gasteiger partial charge on any atom is -0.334 e. The van der Waals surface area contributed by atoms with Crippen molar-refractivity contribution in [2.24, 2.45) is 0 Å². The van der Waals surface area contributed by atoms with Gasteiger partial charge < -0.3 is 4.90 Å². The van der Waals surface area contributed by atoms with E-state index in [1.807, 2.05) is 53.4 Å². The van der Waals surface area contributed by atoms with Gasteiger partial charge in [-0.25, -0.2) is 4.98 Å². The molecule has 0 atom stereocenters. The Bertz CT molecular complexity index is 822. The Morgan fingerprint density at radius 3 is 2.20 bits per heavy atom. The predicted octanol–water partition coefficient (Wildman–Crippen LogP) is 4.62. The molecule has 0 spiro atoms. The number of benzene rings is 2. The van der Waals surface area contributed by atoms with Gasteiger partial charge in [0.25, 0.3) is 5.91 Å². The maximum atomic E-state index is 13.0. The molecule has 1 aromatic heterocycles. The molecule has 1 amide bonds. The number of halogens is 1.